The van der Waals surface area contributed by atoms with Crippen LogP contribution in [0.25, 0.3) is 0 Å². The number of halogens is 1. The molecular weight excluding hydrogens is 482 g/mol. The van der Waals surface area contributed by atoms with Crippen molar-refractivity contribution in [3.63, 3.8) is 0 Å². The second-order valence-electron chi connectivity index (χ2n) is 7.98. The van der Waals surface area contributed by atoms with Gasteiger partial charge in [-0.3, -0.25) is 24.1 Å². The van der Waals surface area contributed by atoms with E-state index in [-0.39, 0.29) is 18.1 Å². The van der Waals surface area contributed by atoms with Gasteiger partial charge in [0.05, 0.1) is 17.9 Å². The van der Waals surface area contributed by atoms with Gasteiger partial charge in [-0.1, -0.05) is 5.16 Å². The van der Waals surface area contributed by atoms with Crippen molar-refractivity contribution in [1.82, 2.24) is 10.2 Å². The Balaban J connectivity index is 2.14. The van der Waals surface area contributed by atoms with Crippen LogP contribution in [0.5, 0.6) is 0 Å². The Morgan fingerprint density at radius 1 is 1.27 bits per heavy atom. The van der Waals surface area contributed by atoms with E-state index in [0.29, 0.717) is 5.57 Å². The van der Waals surface area contributed by atoms with Crippen LogP contribution in [0.1, 0.15) is 20.8 Å². The highest BCUT2D eigenvalue weighted by atomic mass is 35.5. The van der Waals surface area contributed by atoms with E-state index in [4.69, 9.17) is 31.0 Å². The average molecular weight is 506 g/mol. The first-order valence-corrected chi connectivity index (χ1v) is 11.2. The highest BCUT2D eigenvalue weighted by Crippen LogP contribution is 2.40. The fraction of sp³-hybridized carbons (Fsp3) is 0.579. The maximum absolute atomic E-state index is 12.8. The summed E-state index contributed by atoms with van der Waals surface area (Å²) in [5.74, 6) is -4.43. The molecule has 0 aromatic heterocycles. The zero-order valence-electron chi connectivity index (χ0n) is 18.4. The number of carbonyl (C=O) groups excluding carboxylic acids is 5. The van der Waals surface area contributed by atoms with Gasteiger partial charge in [0.2, 0.25) is 18.3 Å². The zero-order valence-corrected chi connectivity index (χ0v) is 19.9. The lowest BCUT2D eigenvalue weighted by Crippen LogP contribution is -2.71. The van der Waals surface area contributed by atoms with Crippen molar-refractivity contribution >= 4 is 58.6 Å². The van der Waals surface area contributed by atoms with Crippen LogP contribution in [0.2, 0.25) is 0 Å². The number of hydrogen-bond acceptors (Lipinski definition) is 11. The van der Waals surface area contributed by atoms with Gasteiger partial charge in [0, 0.05) is 12.9 Å². The number of nitrogens with zero attached hydrogens (tertiary/aromatic N) is 2. The number of carbonyl (C=O) groups is 5. The number of hydrogen-bond donors (Lipinski definition) is 2. The smallest absolute Gasteiger partial charge is 0.358 e. The van der Waals surface area contributed by atoms with E-state index in [1.165, 1.54) is 18.9 Å². The maximum atomic E-state index is 12.8. The topological polar surface area (TPSA) is 161 Å². The fourth-order valence-electron chi connectivity index (χ4n) is 2.88. The van der Waals surface area contributed by atoms with Crippen LogP contribution in [0.4, 0.5) is 0 Å². The minimum atomic E-state index is -1.09. The molecule has 0 saturated carbocycles. The first-order chi connectivity index (χ1) is 15.5. The predicted octanol–water partition coefficient (Wildman–Crippen LogP) is 0.0149. The molecule has 1 fully saturated rings. The number of oxime groups is 1. The van der Waals surface area contributed by atoms with Gasteiger partial charge in [-0.15, -0.1) is 23.4 Å². The number of ketones is 1. The molecule has 0 radical (unpaired) electrons. The van der Waals surface area contributed by atoms with Crippen molar-refractivity contribution in [2.75, 3.05) is 32.1 Å². The van der Waals surface area contributed by atoms with E-state index >= 15 is 0 Å². The molecule has 0 bridgehead atoms. The first kappa shape index (κ1) is 26.6. The predicted molar refractivity (Wildman–Crippen MR) is 115 cm³/mol. The average Bonchev–Trinajstić information content (AvgIpc) is 2.76. The van der Waals surface area contributed by atoms with Crippen molar-refractivity contribution in [3.8, 4) is 0 Å². The number of esters is 2. The fourth-order valence-corrected chi connectivity index (χ4v) is 4.33. The van der Waals surface area contributed by atoms with E-state index < -0.39 is 64.8 Å². The van der Waals surface area contributed by atoms with E-state index in [2.05, 4.69) is 10.5 Å². The summed E-state index contributed by atoms with van der Waals surface area (Å²) in [6.45, 7) is 4.31. The maximum Gasteiger partial charge on any atom is 0.358 e. The van der Waals surface area contributed by atoms with Crippen LogP contribution >= 0.6 is 23.4 Å². The van der Waals surface area contributed by atoms with Gasteiger partial charge in [0.15, 0.2) is 0 Å². The highest BCUT2D eigenvalue weighted by molar-refractivity contribution is 8.00. The molecule has 0 aromatic carbocycles. The first-order valence-electron chi connectivity index (χ1n) is 9.60. The molecule has 2 heterocycles. The minimum absolute atomic E-state index is 0.0400. The molecule has 2 aliphatic heterocycles. The quantitative estimate of drug-likeness (QED) is 0.0638. The number of methoxy groups -OCH3 is 1. The summed E-state index contributed by atoms with van der Waals surface area (Å²) in [5, 5.41) is 13.2. The number of rotatable bonds is 9. The lowest BCUT2D eigenvalue weighted by atomic mass is 9.98. The third kappa shape index (κ3) is 5.84. The van der Waals surface area contributed by atoms with Gasteiger partial charge in [0.1, 0.15) is 17.1 Å². The van der Waals surface area contributed by atoms with E-state index in [9.17, 15) is 24.0 Å². The molecule has 1 unspecified atom stereocenters. The molecule has 2 atom stereocenters. The Kier molecular flexibility index (Phi) is 8.86. The molecule has 182 valence electrons. The number of β-lactam (4-membered cyclic amide) rings is 1. The minimum Gasteiger partial charge on any atom is -0.427 e. The normalized spacial score (nSPS) is 20.6. The van der Waals surface area contributed by atoms with E-state index in [1.54, 1.807) is 20.8 Å². The molecule has 14 heteroatoms. The summed E-state index contributed by atoms with van der Waals surface area (Å²) in [6.07, 6.45) is 0. The number of Topliss-reactive ketones (excluding diaryl/α,β-unsaturated/α-hetero) is 1. The van der Waals surface area contributed by atoms with Crippen LogP contribution < -0.4 is 5.32 Å². The summed E-state index contributed by atoms with van der Waals surface area (Å²) >= 11 is 6.63. The molecule has 0 spiro atoms. The van der Waals surface area contributed by atoms with Gasteiger partial charge >= 0.3 is 11.9 Å². The number of thioether (sulfide) groups is 1. The molecule has 33 heavy (non-hydrogen) atoms. The molecule has 0 aliphatic carbocycles. The molecular formula is C19H24ClN3O9S. The summed E-state index contributed by atoms with van der Waals surface area (Å²) in [4.78, 5) is 62.3. The summed E-state index contributed by atoms with van der Waals surface area (Å²) in [5.41, 5.74) is -1.23. The number of amides is 2. The van der Waals surface area contributed by atoms with Gasteiger partial charge < -0.3 is 24.7 Å². The lowest BCUT2D eigenvalue weighted by molar-refractivity contribution is -0.173. The SMILES string of the molecule is COCC1=C(C(=O)OCOC(=O)C(C)(C)C)N2C(=O)C(NC(=O)C(=NO)C(=O)CCl)[C@@H]2SC1. The highest BCUT2D eigenvalue weighted by Gasteiger charge is 2.54. The number of nitrogens with one attached hydrogen (secondary N) is 1. The van der Waals surface area contributed by atoms with Gasteiger partial charge in [0.25, 0.3) is 11.8 Å². The lowest BCUT2D eigenvalue weighted by Gasteiger charge is -2.49. The Morgan fingerprint density at radius 3 is 2.48 bits per heavy atom. The van der Waals surface area contributed by atoms with Crippen molar-refractivity contribution in [2.24, 2.45) is 10.6 Å². The van der Waals surface area contributed by atoms with Crippen LogP contribution in [-0.2, 0) is 38.2 Å². The summed E-state index contributed by atoms with van der Waals surface area (Å²) in [7, 11) is 1.42. The van der Waals surface area contributed by atoms with E-state index in [1.807, 2.05) is 0 Å². The van der Waals surface area contributed by atoms with E-state index in [0.717, 1.165) is 4.90 Å². The summed E-state index contributed by atoms with van der Waals surface area (Å²) < 4.78 is 15.1. The number of ether oxygens (including phenoxy) is 3. The zero-order chi connectivity index (χ0) is 24.9. The van der Waals surface area contributed by atoms with Crippen LogP contribution in [0.15, 0.2) is 16.4 Å². The second-order valence-corrected chi connectivity index (χ2v) is 9.36. The molecule has 2 amide bonds. The number of alkyl halides is 1. The van der Waals surface area contributed by atoms with Gasteiger partial charge in [-0.2, -0.15) is 0 Å². The summed E-state index contributed by atoms with van der Waals surface area (Å²) in [6, 6.07) is -1.09. The molecule has 2 rings (SSSR count). The monoisotopic (exact) mass is 505 g/mol. The second kappa shape index (κ2) is 11.0. The third-order valence-electron chi connectivity index (χ3n) is 4.54. The van der Waals surface area contributed by atoms with Crippen LogP contribution in [0, 0.1) is 5.41 Å². The molecule has 2 N–H and O–H groups in total. The van der Waals surface area contributed by atoms with Crippen molar-refractivity contribution in [3.05, 3.63) is 11.3 Å². The Bertz CT molecular complexity index is 913. The number of fused-ring (bicyclic) bond motifs is 1. The molecule has 0 aromatic rings. The van der Waals surface area contributed by atoms with Crippen molar-refractivity contribution < 1.29 is 43.4 Å². The standard InChI is InChI=1S/C19H24ClN3O9S/c1-19(2,3)18(28)32-8-31-17(27)13-9(6-30-4)7-33-16-12(15(26)23(13)16)21-14(25)11(22-29)10(24)5-20/h12,16,29H,5-8H2,1-4H3,(H,21,25)/t12?,16-/m0/s1. The van der Waals surface area contributed by atoms with Gasteiger partial charge in [-0.25, -0.2) is 4.79 Å². The Morgan fingerprint density at radius 2 is 1.94 bits per heavy atom. The Labute approximate surface area is 198 Å². The Hall–Kier alpha value is -2.64. The molecule has 2 aliphatic rings. The van der Waals surface area contributed by atoms with Crippen LogP contribution in [0.3, 0.4) is 0 Å². The largest absolute Gasteiger partial charge is 0.427 e. The molecule has 12 nitrogen and oxygen atoms in total. The molecule has 1 saturated heterocycles. The van der Waals surface area contributed by atoms with Gasteiger partial charge in [-0.05, 0) is 26.3 Å². The van der Waals surface area contributed by atoms with Crippen molar-refractivity contribution in [2.45, 2.75) is 32.2 Å². The third-order valence-corrected chi connectivity index (χ3v) is 6.12. The van der Waals surface area contributed by atoms with Crippen LogP contribution in [-0.4, -0.2) is 88.9 Å². The van der Waals surface area contributed by atoms with Crippen molar-refractivity contribution in [1.29, 1.82) is 0 Å².